The topological polar surface area (TPSA) is 38.7 Å². The van der Waals surface area contributed by atoms with Crippen molar-refractivity contribution < 1.29 is 9.63 Å². The van der Waals surface area contributed by atoms with Crippen LogP contribution >= 0.6 is 23.1 Å². The Hall–Kier alpha value is -1.59. The highest BCUT2D eigenvalue weighted by Gasteiger charge is 2.17. The molecule has 1 aromatic heterocycles. The maximum Gasteiger partial charge on any atom is 0.375 e. The Morgan fingerprint density at radius 1 is 1.35 bits per heavy atom. The molecular weight excluding hydrogens is 290 g/mol. The van der Waals surface area contributed by atoms with E-state index in [1.165, 1.54) is 21.8 Å². The molecule has 1 aliphatic heterocycles. The summed E-state index contributed by atoms with van der Waals surface area (Å²) >= 11 is 3.17. The van der Waals surface area contributed by atoms with Gasteiger partial charge in [0.1, 0.15) is 4.88 Å². The molecule has 0 amide bonds. The minimum absolute atomic E-state index is 0.389. The van der Waals surface area contributed by atoms with Crippen LogP contribution in [0.5, 0.6) is 0 Å². The number of oxime groups is 1. The Balaban J connectivity index is 1.83. The zero-order valence-corrected chi connectivity index (χ0v) is 12.6. The Kier molecular flexibility index (Phi) is 3.89. The molecular formula is C15H13NO2S2. The second-order valence-corrected chi connectivity index (χ2v) is 6.58. The van der Waals surface area contributed by atoms with Crippen LogP contribution < -0.4 is 0 Å². The van der Waals surface area contributed by atoms with Crippen LogP contribution in [0.25, 0.3) is 0 Å². The summed E-state index contributed by atoms with van der Waals surface area (Å²) in [4.78, 5) is 18.7. The van der Waals surface area contributed by atoms with Crippen molar-refractivity contribution in [2.75, 3.05) is 5.75 Å². The molecule has 1 aromatic carbocycles. The normalized spacial score (nSPS) is 15.9. The fraction of sp³-hybridized carbons (Fsp3) is 0.200. The Morgan fingerprint density at radius 3 is 3.05 bits per heavy atom. The molecule has 2 aromatic rings. The average molecular weight is 303 g/mol. The fourth-order valence-corrected chi connectivity index (χ4v) is 3.62. The smallest absolute Gasteiger partial charge is 0.312 e. The highest BCUT2D eigenvalue weighted by atomic mass is 32.2. The van der Waals surface area contributed by atoms with Gasteiger partial charge in [0.05, 0.1) is 5.71 Å². The van der Waals surface area contributed by atoms with E-state index in [-0.39, 0.29) is 5.97 Å². The summed E-state index contributed by atoms with van der Waals surface area (Å²) in [6, 6.07) is 9.85. The van der Waals surface area contributed by atoms with E-state index in [0.717, 1.165) is 23.4 Å². The third-order valence-corrected chi connectivity index (χ3v) is 4.93. The summed E-state index contributed by atoms with van der Waals surface area (Å²) < 4.78 is 0. The number of hydrogen-bond donors (Lipinski definition) is 0. The van der Waals surface area contributed by atoms with Crippen molar-refractivity contribution in [1.29, 1.82) is 0 Å². The molecule has 0 saturated carbocycles. The average Bonchev–Trinajstić information content (AvgIpc) is 2.99. The summed E-state index contributed by atoms with van der Waals surface area (Å²) in [5.74, 6) is 0.575. The van der Waals surface area contributed by atoms with Crippen molar-refractivity contribution >= 4 is 34.8 Å². The van der Waals surface area contributed by atoms with Gasteiger partial charge in [0.25, 0.3) is 0 Å². The molecule has 0 saturated heterocycles. The first-order valence-electron chi connectivity index (χ1n) is 6.29. The van der Waals surface area contributed by atoms with Gasteiger partial charge in [-0.2, -0.15) is 0 Å². The number of aryl methyl sites for hydroxylation is 1. The molecule has 5 heteroatoms. The van der Waals surface area contributed by atoms with Gasteiger partial charge in [-0.25, -0.2) is 4.79 Å². The summed E-state index contributed by atoms with van der Waals surface area (Å²) in [6.45, 7) is 2.05. The third-order valence-electron chi connectivity index (χ3n) is 3.00. The number of nitrogens with zero attached hydrogens (tertiary/aromatic N) is 1. The Morgan fingerprint density at radius 2 is 2.25 bits per heavy atom. The van der Waals surface area contributed by atoms with Crippen LogP contribution in [0.3, 0.4) is 0 Å². The zero-order valence-electron chi connectivity index (χ0n) is 11.0. The number of hydrogen-bond acceptors (Lipinski definition) is 5. The molecule has 0 unspecified atom stereocenters. The van der Waals surface area contributed by atoms with Gasteiger partial charge < -0.3 is 4.84 Å². The van der Waals surface area contributed by atoms with Crippen LogP contribution in [0.1, 0.15) is 27.2 Å². The van der Waals surface area contributed by atoms with Crippen LogP contribution in [0, 0.1) is 6.92 Å². The van der Waals surface area contributed by atoms with Crippen molar-refractivity contribution in [2.24, 2.45) is 5.16 Å². The largest absolute Gasteiger partial charge is 0.375 e. The predicted molar refractivity (Wildman–Crippen MR) is 82.8 cm³/mol. The molecule has 0 fully saturated rings. The standard InChI is InChI=1S/C15H13NO2S2/c1-10-4-5-13-11(9-10)12(6-8-20-13)16-18-15(17)14-3-2-7-19-14/h2-5,7,9H,6,8H2,1H3/b16-12+. The van der Waals surface area contributed by atoms with Crippen molar-refractivity contribution in [3.8, 4) is 0 Å². The summed E-state index contributed by atoms with van der Waals surface area (Å²) in [5, 5.41) is 5.93. The number of thiophene rings is 1. The van der Waals surface area contributed by atoms with Gasteiger partial charge >= 0.3 is 5.97 Å². The van der Waals surface area contributed by atoms with Crippen LogP contribution in [0.2, 0.25) is 0 Å². The molecule has 0 atom stereocenters. The van der Waals surface area contributed by atoms with Crippen LogP contribution in [-0.4, -0.2) is 17.4 Å². The molecule has 0 N–H and O–H groups in total. The molecule has 0 aliphatic carbocycles. The molecule has 20 heavy (non-hydrogen) atoms. The van der Waals surface area contributed by atoms with Gasteiger partial charge in [0, 0.05) is 22.6 Å². The van der Waals surface area contributed by atoms with Crippen molar-refractivity contribution in [3.05, 3.63) is 51.7 Å². The molecule has 0 radical (unpaired) electrons. The van der Waals surface area contributed by atoms with E-state index >= 15 is 0 Å². The van der Waals surface area contributed by atoms with Gasteiger partial charge in [-0.1, -0.05) is 22.9 Å². The first kappa shape index (κ1) is 13.4. The van der Waals surface area contributed by atoms with Crippen molar-refractivity contribution in [3.63, 3.8) is 0 Å². The van der Waals surface area contributed by atoms with Gasteiger partial charge in [0.2, 0.25) is 0 Å². The monoisotopic (exact) mass is 303 g/mol. The first-order chi connectivity index (χ1) is 9.74. The first-order valence-corrected chi connectivity index (χ1v) is 8.16. The number of rotatable bonds is 2. The Labute approximate surface area is 125 Å². The van der Waals surface area contributed by atoms with Crippen LogP contribution in [-0.2, 0) is 4.84 Å². The lowest BCUT2D eigenvalue weighted by Gasteiger charge is -2.17. The highest BCUT2D eigenvalue weighted by molar-refractivity contribution is 7.99. The Bertz CT molecular complexity index is 663. The second-order valence-electron chi connectivity index (χ2n) is 4.49. The van der Waals surface area contributed by atoms with Gasteiger partial charge in [0.15, 0.2) is 0 Å². The van der Waals surface area contributed by atoms with E-state index in [2.05, 4.69) is 30.3 Å². The fourth-order valence-electron chi connectivity index (χ4n) is 2.02. The van der Waals surface area contributed by atoms with E-state index < -0.39 is 0 Å². The lowest BCUT2D eigenvalue weighted by molar-refractivity contribution is 0.0521. The number of carbonyl (C=O) groups excluding carboxylic acids is 1. The van der Waals surface area contributed by atoms with Crippen molar-refractivity contribution in [2.45, 2.75) is 18.2 Å². The van der Waals surface area contributed by atoms with E-state index in [0.29, 0.717) is 4.88 Å². The minimum atomic E-state index is -0.389. The minimum Gasteiger partial charge on any atom is -0.312 e. The SMILES string of the molecule is Cc1ccc2c(c1)/C(=N/OC(=O)c1cccs1)CCS2. The quantitative estimate of drug-likeness (QED) is 0.619. The van der Waals surface area contributed by atoms with Gasteiger partial charge in [-0.05, 0) is 30.5 Å². The van der Waals surface area contributed by atoms with E-state index in [9.17, 15) is 4.79 Å². The van der Waals surface area contributed by atoms with Gasteiger partial charge in [-0.15, -0.1) is 23.1 Å². The summed E-state index contributed by atoms with van der Waals surface area (Å²) in [5.41, 5.74) is 3.12. The predicted octanol–water partition coefficient (Wildman–Crippen LogP) is 4.11. The highest BCUT2D eigenvalue weighted by Crippen LogP contribution is 2.31. The third kappa shape index (κ3) is 2.78. The maximum absolute atomic E-state index is 11.8. The second kappa shape index (κ2) is 5.81. The van der Waals surface area contributed by atoms with Crippen LogP contribution in [0.4, 0.5) is 0 Å². The molecule has 2 heterocycles. The van der Waals surface area contributed by atoms with Gasteiger partial charge in [-0.3, -0.25) is 0 Å². The number of thioether (sulfide) groups is 1. The maximum atomic E-state index is 11.8. The summed E-state index contributed by atoms with van der Waals surface area (Å²) in [7, 11) is 0. The lowest BCUT2D eigenvalue weighted by Crippen LogP contribution is -2.12. The van der Waals surface area contributed by atoms with Crippen LogP contribution in [0.15, 0.2) is 45.8 Å². The lowest BCUT2D eigenvalue weighted by atomic mass is 10.1. The van der Waals surface area contributed by atoms with Crippen molar-refractivity contribution in [1.82, 2.24) is 0 Å². The van der Waals surface area contributed by atoms with E-state index in [4.69, 9.17) is 4.84 Å². The molecule has 3 nitrogen and oxygen atoms in total. The summed E-state index contributed by atoms with van der Waals surface area (Å²) in [6.07, 6.45) is 0.818. The molecule has 0 spiro atoms. The number of fused-ring (bicyclic) bond motifs is 1. The van der Waals surface area contributed by atoms with E-state index in [1.54, 1.807) is 6.07 Å². The number of carbonyl (C=O) groups is 1. The molecule has 102 valence electrons. The zero-order chi connectivity index (χ0) is 13.9. The molecule has 3 rings (SSSR count). The van der Waals surface area contributed by atoms with E-state index in [1.807, 2.05) is 23.2 Å². The molecule has 0 bridgehead atoms. The number of benzene rings is 1. The molecule has 1 aliphatic rings.